The average Bonchev–Trinajstić information content (AvgIpc) is 3.15. The van der Waals surface area contributed by atoms with Crippen molar-refractivity contribution in [3.05, 3.63) is 45.7 Å². The fraction of sp³-hybridized carbons (Fsp3) is 0.400. The van der Waals surface area contributed by atoms with E-state index in [0.29, 0.717) is 24.9 Å². The Morgan fingerprint density at radius 2 is 2.25 bits per heavy atom. The molecule has 0 aliphatic heterocycles. The number of thiazole rings is 1. The number of rotatable bonds is 6. The fourth-order valence-corrected chi connectivity index (χ4v) is 2.69. The molecule has 0 amide bonds. The monoisotopic (exact) mass is 292 g/mol. The van der Waals surface area contributed by atoms with Crippen LogP contribution in [0, 0.1) is 12.7 Å². The van der Waals surface area contributed by atoms with Crippen LogP contribution in [-0.2, 0) is 13.2 Å². The van der Waals surface area contributed by atoms with E-state index in [0.717, 1.165) is 15.4 Å². The van der Waals surface area contributed by atoms with Gasteiger partial charge in [0.15, 0.2) is 0 Å². The molecule has 2 aromatic rings. The van der Waals surface area contributed by atoms with Gasteiger partial charge in [0, 0.05) is 24.8 Å². The highest BCUT2D eigenvalue weighted by Gasteiger charge is 2.20. The van der Waals surface area contributed by atoms with Crippen LogP contribution in [0.1, 0.15) is 28.3 Å². The highest BCUT2D eigenvalue weighted by Crippen LogP contribution is 2.22. The molecule has 5 heteroatoms. The van der Waals surface area contributed by atoms with Gasteiger partial charge in [0.25, 0.3) is 0 Å². The molecule has 1 heterocycles. The Kier molecular flexibility index (Phi) is 3.98. The van der Waals surface area contributed by atoms with Crippen LogP contribution in [0.2, 0.25) is 0 Å². The molecule has 3 rings (SSSR count). The smallest absolute Gasteiger partial charge is 0.127 e. The fourth-order valence-electron chi connectivity index (χ4n) is 1.98. The second-order valence-electron chi connectivity index (χ2n) is 5.08. The topological polar surface area (TPSA) is 34.1 Å². The third-order valence-electron chi connectivity index (χ3n) is 3.15. The zero-order valence-corrected chi connectivity index (χ0v) is 12.2. The minimum absolute atomic E-state index is 0.254. The molecule has 0 saturated heterocycles. The molecule has 0 spiro atoms. The standard InChI is InChI=1S/C15H17FN2OS/c1-10-17-8-15(20-10)9-19-14-5-11(4-12(16)6-14)7-18-13-2-3-13/h4-6,8,13,18H,2-3,7,9H2,1H3. The van der Waals surface area contributed by atoms with Crippen LogP contribution >= 0.6 is 11.3 Å². The second kappa shape index (κ2) is 5.89. The van der Waals surface area contributed by atoms with Crippen LogP contribution in [0.4, 0.5) is 4.39 Å². The molecule has 1 aliphatic rings. The van der Waals surface area contributed by atoms with Crippen molar-refractivity contribution in [3.8, 4) is 5.75 Å². The number of aryl methyl sites for hydroxylation is 1. The van der Waals surface area contributed by atoms with Crippen molar-refractivity contribution in [2.75, 3.05) is 0 Å². The van der Waals surface area contributed by atoms with Crippen molar-refractivity contribution in [2.24, 2.45) is 0 Å². The van der Waals surface area contributed by atoms with Crippen LogP contribution in [0.5, 0.6) is 5.75 Å². The quantitative estimate of drug-likeness (QED) is 0.886. The molecule has 20 heavy (non-hydrogen) atoms. The van der Waals surface area contributed by atoms with Crippen molar-refractivity contribution in [2.45, 2.75) is 39.0 Å². The lowest BCUT2D eigenvalue weighted by atomic mass is 10.2. The maximum absolute atomic E-state index is 13.6. The Balaban J connectivity index is 1.62. The molecule has 0 radical (unpaired) electrons. The van der Waals surface area contributed by atoms with E-state index in [-0.39, 0.29) is 5.82 Å². The molecule has 0 bridgehead atoms. The number of aromatic nitrogens is 1. The van der Waals surface area contributed by atoms with Crippen LogP contribution in [0.15, 0.2) is 24.4 Å². The van der Waals surface area contributed by atoms with Crippen molar-refractivity contribution in [1.29, 1.82) is 0 Å². The summed E-state index contributed by atoms with van der Waals surface area (Å²) in [4.78, 5) is 5.22. The molecule has 106 valence electrons. The summed E-state index contributed by atoms with van der Waals surface area (Å²) in [5, 5.41) is 4.39. The van der Waals surface area contributed by atoms with E-state index in [1.807, 2.05) is 13.0 Å². The first-order valence-electron chi connectivity index (χ1n) is 6.76. The highest BCUT2D eigenvalue weighted by atomic mass is 32.1. The third-order valence-corrected chi connectivity index (χ3v) is 4.04. The van der Waals surface area contributed by atoms with Gasteiger partial charge >= 0.3 is 0 Å². The Morgan fingerprint density at radius 3 is 2.95 bits per heavy atom. The van der Waals surface area contributed by atoms with Crippen molar-refractivity contribution in [3.63, 3.8) is 0 Å². The van der Waals surface area contributed by atoms with E-state index in [1.54, 1.807) is 23.6 Å². The lowest BCUT2D eigenvalue weighted by Crippen LogP contribution is -2.15. The normalized spacial score (nSPS) is 14.5. The zero-order valence-electron chi connectivity index (χ0n) is 11.4. The third kappa shape index (κ3) is 3.77. The molecule has 3 nitrogen and oxygen atoms in total. The first kappa shape index (κ1) is 13.5. The first-order chi connectivity index (χ1) is 9.69. The van der Waals surface area contributed by atoms with Gasteiger partial charge in [-0.3, -0.25) is 0 Å². The van der Waals surface area contributed by atoms with E-state index in [2.05, 4.69) is 10.3 Å². The van der Waals surface area contributed by atoms with Gasteiger partial charge < -0.3 is 10.1 Å². The predicted molar refractivity (Wildman–Crippen MR) is 77.4 cm³/mol. The van der Waals surface area contributed by atoms with E-state index in [9.17, 15) is 4.39 Å². The minimum Gasteiger partial charge on any atom is -0.488 e. The number of hydrogen-bond acceptors (Lipinski definition) is 4. The van der Waals surface area contributed by atoms with E-state index in [1.165, 1.54) is 18.9 Å². The van der Waals surface area contributed by atoms with E-state index >= 15 is 0 Å². The number of nitrogens with zero attached hydrogens (tertiary/aromatic N) is 1. The van der Waals surface area contributed by atoms with Crippen molar-refractivity contribution < 1.29 is 9.13 Å². The number of halogens is 1. The highest BCUT2D eigenvalue weighted by molar-refractivity contribution is 7.11. The summed E-state index contributed by atoms with van der Waals surface area (Å²) in [6.07, 6.45) is 4.25. The Hall–Kier alpha value is -1.46. The SMILES string of the molecule is Cc1ncc(COc2cc(F)cc(CNC3CC3)c2)s1. The molecule has 1 aliphatic carbocycles. The van der Waals surface area contributed by atoms with Gasteiger partial charge in [-0.25, -0.2) is 9.37 Å². The van der Waals surface area contributed by atoms with Gasteiger partial charge in [-0.15, -0.1) is 11.3 Å². The summed E-state index contributed by atoms with van der Waals surface area (Å²) in [6, 6.07) is 5.49. The zero-order chi connectivity index (χ0) is 13.9. The lowest BCUT2D eigenvalue weighted by molar-refractivity contribution is 0.307. The molecule has 1 aromatic heterocycles. The maximum atomic E-state index is 13.6. The number of benzene rings is 1. The number of hydrogen-bond donors (Lipinski definition) is 1. The molecule has 1 aromatic carbocycles. The van der Waals surface area contributed by atoms with Crippen LogP contribution in [0.3, 0.4) is 0 Å². The summed E-state index contributed by atoms with van der Waals surface area (Å²) < 4.78 is 19.2. The largest absolute Gasteiger partial charge is 0.488 e. The van der Waals surface area contributed by atoms with Gasteiger partial charge in [0.05, 0.1) is 9.88 Å². The summed E-state index contributed by atoms with van der Waals surface area (Å²) in [5.41, 5.74) is 0.924. The number of nitrogens with one attached hydrogen (secondary N) is 1. The molecule has 0 atom stereocenters. The van der Waals surface area contributed by atoms with Gasteiger partial charge in [-0.2, -0.15) is 0 Å². The summed E-state index contributed by atoms with van der Waals surface area (Å²) in [5.74, 6) is 0.319. The van der Waals surface area contributed by atoms with E-state index < -0.39 is 0 Å². The molecular formula is C15H17FN2OS. The molecule has 1 saturated carbocycles. The van der Waals surface area contributed by atoms with Gasteiger partial charge in [-0.05, 0) is 37.5 Å². The molecule has 0 unspecified atom stereocenters. The Morgan fingerprint density at radius 1 is 1.40 bits per heavy atom. The summed E-state index contributed by atoms with van der Waals surface area (Å²) >= 11 is 1.60. The second-order valence-corrected chi connectivity index (χ2v) is 6.40. The van der Waals surface area contributed by atoms with Gasteiger partial charge in [0.2, 0.25) is 0 Å². The van der Waals surface area contributed by atoms with Crippen molar-refractivity contribution >= 4 is 11.3 Å². The molecule has 1 N–H and O–H groups in total. The maximum Gasteiger partial charge on any atom is 0.127 e. The average molecular weight is 292 g/mol. The van der Waals surface area contributed by atoms with Crippen LogP contribution in [0.25, 0.3) is 0 Å². The lowest BCUT2D eigenvalue weighted by Gasteiger charge is -2.08. The van der Waals surface area contributed by atoms with E-state index in [4.69, 9.17) is 4.74 Å². The Bertz CT molecular complexity index is 595. The van der Waals surface area contributed by atoms with Crippen LogP contribution in [-0.4, -0.2) is 11.0 Å². The predicted octanol–water partition coefficient (Wildman–Crippen LogP) is 3.42. The molecular weight excluding hydrogens is 275 g/mol. The van der Waals surface area contributed by atoms with Gasteiger partial charge in [-0.1, -0.05) is 0 Å². The summed E-state index contributed by atoms with van der Waals surface area (Å²) in [6.45, 7) is 3.08. The number of ether oxygens (including phenoxy) is 1. The van der Waals surface area contributed by atoms with Crippen molar-refractivity contribution in [1.82, 2.24) is 10.3 Å². The Labute approximate surface area is 121 Å². The minimum atomic E-state index is -0.254. The van der Waals surface area contributed by atoms with Gasteiger partial charge in [0.1, 0.15) is 18.2 Å². The first-order valence-corrected chi connectivity index (χ1v) is 7.57. The summed E-state index contributed by atoms with van der Waals surface area (Å²) in [7, 11) is 0. The van der Waals surface area contributed by atoms with Crippen LogP contribution < -0.4 is 10.1 Å². The molecule has 1 fully saturated rings.